The lowest BCUT2D eigenvalue weighted by molar-refractivity contribution is -0.154. The van der Waals surface area contributed by atoms with Crippen molar-refractivity contribution < 1.29 is 29.0 Å². The highest BCUT2D eigenvalue weighted by Crippen LogP contribution is 2.26. The van der Waals surface area contributed by atoms with Crippen molar-refractivity contribution in [2.45, 2.75) is 45.1 Å². The summed E-state index contributed by atoms with van der Waals surface area (Å²) in [6, 6.07) is 4.92. The standard InChI is InChI=1S/C17H22O6/c1-3-4-14(23-17(21)11-18)10-13(19)7-5-12-6-8-15(20)16(9-12)22-2/h6,8-9,11,14,20H,3-5,7,10H2,1-2H3. The number of aldehydes is 1. The zero-order chi connectivity index (χ0) is 17.2. The van der Waals surface area contributed by atoms with Gasteiger partial charge in [-0.1, -0.05) is 19.4 Å². The third kappa shape index (κ3) is 6.50. The summed E-state index contributed by atoms with van der Waals surface area (Å²) in [7, 11) is 1.46. The number of ether oxygens (including phenoxy) is 2. The average molecular weight is 322 g/mol. The molecule has 1 rings (SSSR count). The molecule has 1 aromatic carbocycles. The second-order valence-electron chi connectivity index (χ2n) is 5.21. The van der Waals surface area contributed by atoms with Crippen LogP contribution in [-0.2, 0) is 25.5 Å². The first-order chi connectivity index (χ1) is 11.0. The van der Waals surface area contributed by atoms with E-state index in [-0.39, 0.29) is 30.7 Å². The van der Waals surface area contributed by atoms with Gasteiger partial charge in [-0.25, -0.2) is 4.79 Å². The molecule has 0 aliphatic heterocycles. The summed E-state index contributed by atoms with van der Waals surface area (Å²) in [5, 5.41) is 9.53. The van der Waals surface area contributed by atoms with Crippen molar-refractivity contribution in [3.05, 3.63) is 23.8 Å². The first-order valence-corrected chi connectivity index (χ1v) is 7.53. The van der Waals surface area contributed by atoms with Crippen molar-refractivity contribution in [1.82, 2.24) is 0 Å². The summed E-state index contributed by atoms with van der Waals surface area (Å²) in [5.74, 6) is -0.584. The molecule has 0 radical (unpaired) electrons. The molecule has 6 heteroatoms. The lowest BCUT2D eigenvalue weighted by atomic mass is 10.0. The van der Waals surface area contributed by atoms with Gasteiger partial charge >= 0.3 is 5.97 Å². The molecule has 0 spiro atoms. The molecular formula is C17H22O6. The fourth-order valence-electron chi connectivity index (χ4n) is 2.23. The van der Waals surface area contributed by atoms with Crippen LogP contribution in [0.4, 0.5) is 0 Å². The molecule has 0 fully saturated rings. The third-order valence-corrected chi connectivity index (χ3v) is 3.38. The topological polar surface area (TPSA) is 89.9 Å². The Morgan fingerprint density at radius 1 is 1.35 bits per heavy atom. The molecule has 6 nitrogen and oxygen atoms in total. The zero-order valence-electron chi connectivity index (χ0n) is 13.4. The van der Waals surface area contributed by atoms with Crippen molar-refractivity contribution in [1.29, 1.82) is 0 Å². The monoisotopic (exact) mass is 322 g/mol. The van der Waals surface area contributed by atoms with E-state index in [9.17, 15) is 19.5 Å². The molecular weight excluding hydrogens is 300 g/mol. The fraction of sp³-hybridized carbons (Fsp3) is 0.471. The molecule has 0 saturated heterocycles. The van der Waals surface area contributed by atoms with Crippen LogP contribution in [0.2, 0.25) is 0 Å². The number of rotatable bonds is 10. The van der Waals surface area contributed by atoms with Crippen LogP contribution in [0.25, 0.3) is 0 Å². The summed E-state index contributed by atoms with van der Waals surface area (Å²) in [4.78, 5) is 33.4. The van der Waals surface area contributed by atoms with Gasteiger partial charge in [0.05, 0.1) is 7.11 Å². The van der Waals surface area contributed by atoms with Gasteiger partial charge in [-0.2, -0.15) is 0 Å². The number of hydrogen-bond acceptors (Lipinski definition) is 6. The number of hydrogen-bond donors (Lipinski definition) is 1. The number of aryl methyl sites for hydroxylation is 1. The fourth-order valence-corrected chi connectivity index (χ4v) is 2.23. The maximum absolute atomic E-state index is 12.0. The highest BCUT2D eigenvalue weighted by atomic mass is 16.5. The lowest BCUT2D eigenvalue weighted by Crippen LogP contribution is -2.22. The van der Waals surface area contributed by atoms with E-state index < -0.39 is 12.1 Å². The first kappa shape index (κ1) is 18.7. The van der Waals surface area contributed by atoms with E-state index in [1.165, 1.54) is 13.2 Å². The lowest BCUT2D eigenvalue weighted by Gasteiger charge is -2.15. The number of methoxy groups -OCH3 is 1. The minimum Gasteiger partial charge on any atom is -0.504 e. The molecule has 0 saturated carbocycles. The van der Waals surface area contributed by atoms with E-state index in [4.69, 9.17) is 9.47 Å². The highest BCUT2D eigenvalue weighted by molar-refractivity contribution is 6.20. The van der Waals surface area contributed by atoms with Crippen LogP contribution in [0, 0.1) is 0 Å². The number of esters is 1. The van der Waals surface area contributed by atoms with Crippen LogP contribution < -0.4 is 4.74 Å². The second kappa shape index (κ2) is 9.61. The number of phenolic OH excluding ortho intramolecular Hbond substituents is 1. The van der Waals surface area contributed by atoms with Crippen molar-refractivity contribution in [3.8, 4) is 11.5 Å². The summed E-state index contributed by atoms with van der Waals surface area (Å²) in [5.41, 5.74) is 0.866. The second-order valence-corrected chi connectivity index (χ2v) is 5.21. The van der Waals surface area contributed by atoms with E-state index in [1.54, 1.807) is 12.1 Å². The molecule has 126 valence electrons. The van der Waals surface area contributed by atoms with Gasteiger partial charge in [0, 0.05) is 12.8 Å². The summed E-state index contributed by atoms with van der Waals surface area (Å²) in [6.07, 6.45) is 1.72. The number of ketones is 1. The molecule has 1 unspecified atom stereocenters. The number of aromatic hydroxyl groups is 1. The molecule has 1 atom stereocenters. The molecule has 0 aromatic heterocycles. The Kier molecular flexibility index (Phi) is 7.80. The van der Waals surface area contributed by atoms with Crippen LogP contribution in [-0.4, -0.2) is 36.4 Å². The minimum atomic E-state index is -0.945. The van der Waals surface area contributed by atoms with Gasteiger partial charge in [-0.3, -0.25) is 9.59 Å². The Morgan fingerprint density at radius 2 is 2.09 bits per heavy atom. The molecule has 0 aliphatic rings. The maximum Gasteiger partial charge on any atom is 0.371 e. The van der Waals surface area contributed by atoms with Gasteiger partial charge in [0.1, 0.15) is 11.9 Å². The third-order valence-electron chi connectivity index (χ3n) is 3.38. The molecule has 1 aromatic rings. The Labute approximate surface area is 135 Å². The van der Waals surface area contributed by atoms with E-state index >= 15 is 0 Å². The molecule has 1 N–H and O–H groups in total. The smallest absolute Gasteiger partial charge is 0.371 e. The van der Waals surface area contributed by atoms with Gasteiger partial charge in [-0.15, -0.1) is 0 Å². The highest BCUT2D eigenvalue weighted by Gasteiger charge is 2.17. The van der Waals surface area contributed by atoms with Crippen molar-refractivity contribution in [3.63, 3.8) is 0 Å². The van der Waals surface area contributed by atoms with Crippen LogP contribution >= 0.6 is 0 Å². The van der Waals surface area contributed by atoms with Crippen LogP contribution in [0.15, 0.2) is 18.2 Å². The van der Waals surface area contributed by atoms with Gasteiger partial charge in [0.2, 0.25) is 6.29 Å². The summed E-state index contributed by atoms with van der Waals surface area (Å²) in [6.45, 7) is 1.91. The first-order valence-electron chi connectivity index (χ1n) is 7.53. The number of benzene rings is 1. The molecule has 0 bridgehead atoms. The van der Waals surface area contributed by atoms with Gasteiger partial charge < -0.3 is 14.6 Å². The minimum absolute atomic E-state index is 0.0470. The SMILES string of the molecule is CCCC(CC(=O)CCc1ccc(O)c(OC)c1)OC(=O)C=O. The van der Waals surface area contributed by atoms with E-state index in [0.717, 1.165) is 12.0 Å². The van der Waals surface area contributed by atoms with Gasteiger partial charge in [0.15, 0.2) is 11.5 Å². The van der Waals surface area contributed by atoms with Crippen molar-refractivity contribution in [2.24, 2.45) is 0 Å². The van der Waals surface area contributed by atoms with Crippen molar-refractivity contribution in [2.75, 3.05) is 7.11 Å². The Bertz CT molecular complexity index is 552. The van der Waals surface area contributed by atoms with Crippen LogP contribution in [0.1, 0.15) is 38.2 Å². The normalized spacial score (nSPS) is 11.6. The molecule has 0 aliphatic carbocycles. The van der Waals surface area contributed by atoms with Crippen LogP contribution in [0.3, 0.4) is 0 Å². The van der Waals surface area contributed by atoms with Crippen LogP contribution in [0.5, 0.6) is 11.5 Å². The number of phenols is 1. The average Bonchev–Trinajstić information content (AvgIpc) is 2.54. The van der Waals surface area contributed by atoms with E-state index in [2.05, 4.69) is 0 Å². The maximum atomic E-state index is 12.0. The zero-order valence-corrected chi connectivity index (χ0v) is 13.4. The number of carbonyl (C=O) groups excluding carboxylic acids is 3. The summed E-state index contributed by atoms with van der Waals surface area (Å²) < 4.78 is 9.95. The Hall–Kier alpha value is -2.37. The van der Waals surface area contributed by atoms with E-state index in [1.807, 2.05) is 6.92 Å². The predicted octanol–water partition coefficient (Wildman–Crippen LogP) is 2.20. The molecule has 23 heavy (non-hydrogen) atoms. The van der Waals surface area contributed by atoms with E-state index in [0.29, 0.717) is 18.6 Å². The summed E-state index contributed by atoms with van der Waals surface area (Å²) >= 11 is 0. The quantitative estimate of drug-likeness (QED) is 0.403. The molecule has 0 amide bonds. The molecule has 0 heterocycles. The number of carbonyl (C=O) groups is 3. The Balaban J connectivity index is 2.54. The predicted molar refractivity (Wildman–Crippen MR) is 83.5 cm³/mol. The van der Waals surface area contributed by atoms with Gasteiger partial charge in [-0.05, 0) is 30.5 Å². The van der Waals surface area contributed by atoms with Gasteiger partial charge in [0.25, 0.3) is 0 Å². The largest absolute Gasteiger partial charge is 0.504 e. The van der Waals surface area contributed by atoms with Crippen molar-refractivity contribution >= 4 is 18.0 Å². The number of Topliss-reactive ketones (excluding diaryl/α,β-unsaturated/α-hetero) is 1. The Morgan fingerprint density at radius 3 is 2.70 bits per heavy atom.